The lowest BCUT2D eigenvalue weighted by molar-refractivity contribution is 0.102. The predicted octanol–water partition coefficient (Wildman–Crippen LogP) is 5.27. The Morgan fingerprint density at radius 1 is 0.906 bits per heavy atom. The second-order valence-corrected chi connectivity index (χ2v) is 10.9. The van der Waals surface area contributed by atoms with Gasteiger partial charge in [0.15, 0.2) is 5.13 Å². The highest BCUT2D eigenvalue weighted by molar-refractivity contribution is 7.92. The van der Waals surface area contributed by atoms with Crippen molar-refractivity contribution >= 4 is 69.9 Å². The average molecular weight is 481 g/mol. The van der Waals surface area contributed by atoms with Gasteiger partial charge in [0, 0.05) is 11.3 Å². The maximum absolute atomic E-state index is 12.7. The molecule has 7 nitrogen and oxygen atoms in total. The van der Waals surface area contributed by atoms with Crippen LogP contribution in [0.5, 0.6) is 0 Å². The van der Waals surface area contributed by atoms with Crippen molar-refractivity contribution in [3.05, 3.63) is 77.3 Å². The molecule has 3 aromatic carbocycles. The Bertz CT molecular complexity index is 1560. The van der Waals surface area contributed by atoms with Crippen molar-refractivity contribution < 1.29 is 13.2 Å². The molecule has 160 valence electrons. The van der Waals surface area contributed by atoms with Crippen LogP contribution in [0, 0.1) is 6.92 Å². The minimum absolute atomic E-state index is 0.169. The molecule has 0 radical (unpaired) electrons. The van der Waals surface area contributed by atoms with E-state index in [1.165, 1.54) is 23.5 Å². The first-order valence-electron chi connectivity index (χ1n) is 9.55. The van der Waals surface area contributed by atoms with Gasteiger partial charge in [-0.3, -0.25) is 14.8 Å². The molecule has 0 aliphatic rings. The van der Waals surface area contributed by atoms with Crippen LogP contribution in [0.2, 0.25) is 0 Å². The van der Waals surface area contributed by atoms with Gasteiger partial charge in [0.2, 0.25) is 0 Å². The van der Waals surface area contributed by atoms with Gasteiger partial charge in [-0.25, -0.2) is 18.4 Å². The Hall–Kier alpha value is -3.34. The van der Waals surface area contributed by atoms with Crippen LogP contribution in [0.3, 0.4) is 0 Å². The number of carbonyl (C=O) groups excluding carboxylic acids is 1. The molecule has 32 heavy (non-hydrogen) atoms. The first kappa shape index (κ1) is 20.6. The maximum Gasteiger partial charge on any atom is 0.261 e. The first-order valence-corrected chi connectivity index (χ1v) is 12.7. The van der Waals surface area contributed by atoms with Crippen LogP contribution in [0.15, 0.2) is 71.6 Å². The number of rotatable bonds is 5. The molecule has 5 rings (SSSR count). The molecule has 0 fully saturated rings. The summed E-state index contributed by atoms with van der Waals surface area (Å²) in [4.78, 5) is 21.9. The number of hydrogen-bond acceptors (Lipinski definition) is 7. The zero-order valence-corrected chi connectivity index (χ0v) is 19.1. The van der Waals surface area contributed by atoms with Crippen LogP contribution in [-0.2, 0) is 10.0 Å². The molecule has 0 atom stereocenters. The minimum atomic E-state index is -3.69. The lowest BCUT2D eigenvalue weighted by Crippen LogP contribution is -2.14. The smallest absolute Gasteiger partial charge is 0.261 e. The number of sulfonamides is 1. The van der Waals surface area contributed by atoms with Crippen LogP contribution in [0.1, 0.15) is 15.4 Å². The summed E-state index contributed by atoms with van der Waals surface area (Å²) in [7, 11) is -3.69. The summed E-state index contributed by atoms with van der Waals surface area (Å²) in [5, 5.41) is 4.28. The molecular formula is C22H16N4O3S3. The first-order chi connectivity index (χ1) is 15.4. The van der Waals surface area contributed by atoms with E-state index in [0.29, 0.717) is 16.4 Å². The normalized spacial score (nSPS) is 11.7. The van der Waals surface area contributed by atoms with Crippen molar-refractivity contribution in [2.45, 2.75) is 11.8 Å². The molecule has 0 spiro atoms. The summed E-state index contributed by atoms with van der Waals surface area (Å²) in [6.07, 6.45) is 0. The zero-order valence-electron chi connectivity index (χ0n) is 16.7. The second-order valence-electron chi connectivity index (χ2n) is 6.96. The van der Waals surface area contributed by atoms with Crippen LogP contribution < -0.4 is 10.0 Å². The SMILES string of the molecule is Cc1nc2c(ccc3nc(NC(=O)c4ccc(NS(=O)(=O)c5ccccc5)cc4)sc32)s1. The highest BCUT2D eigenvalue weighted by Crippen LogP contribution is 2.34. The Morgan fingerprint density at radius 2 is 1.66 bits per heavy atom. The van der Waals surface area contributed by atoms with Crippen molar-refractivity contribution in [1.29, 1.82) is 0 Å². The summed E-state index contributed by atoms with van der Waals surface area (Å²) in [6.45, 7) is 1.96. The van der Waals surface area contributed by atoms with E-state index in [-0.39, 0.29) is 10.8 Å². The predicted molar refractivity (Wildman–Crippen MR) is 129 cm³/mol. The van der Waals surface area contributed by atoms with E-state index in [2.05, 4.69) is 20.0 Å². The second kappa shape index (κ2) is 7.97. The van der Waals surface area contributed by atoms with E-state index in [9.17, 15) is 13.2 Å². The number of hydrogen-bond donors (Lipinski definition) is 2. The number of nitrogens with one attached hydrogen (secondary N) is 2. The Kier molecular flexibility index (Phi) is 5.12. The third-order valence-electron chi connectivity index (χ3n) is 4.69. The van der Waals surface area contributed by atoms with Gasteiger partial charge in [0.05, 0.1) is 24.8 Å². The molecule has 0 bridgehead atoms. The van der Waals surface area contributed by atoms with Crippen LogP contribution in [0.25, 0.3) is 20.4 Å². The van der Waals surface area contributed by atoms with Gasteiger partial charge in [0.25, 0.3) is 15.9 Å². The highest BCUT2D eigenvalue weighted by atomic mass is 32.2. The maximum atomic E-state index is 12.7. The molecule has 10 heteroatoms. The third-order valence-corrected chi connectivity index (χ3v) is 8.02. The Labute approximate surface area is 191 Å². The van der Waals surface area contributed by atoms with Crippen molar-refractivity contribution in [3.8, 4) is 0 Å². The molecule has 0 saturated carbocycles. The number of aromatic nitrogens is 2. The number of amides is 1. The van der Waals surface area contributed by atoms with Gasteiger partial charge >= 0.3 is 0 Å². The van der Waals surface area contributed by atoms with E-state index >= 15 is 0 Å². The Balaban J connectivity index is 1.33. The van der Waals surface area contributed by atoms with Gasteiger partial charge < -0.3 is 0 Å². The molecule has 2 heterocycles. The highest BCUT2D eigenvalue weighted by Gasteiger charge is 2.16. The lowest BCUT2D eigenvalue weighted by atomic mass is 10.2. The zero-order chi connectivity index (χ0) is 22.3. The van der Waals surface area contributed by atoms with Gasteiger partial charge in [0.1, 0.15) is 5.52 Å². The standard InChI is InChI=1S/C22H16N4O3S3/c1-13-23-19-18(30-13)12-11-17-20(19)31-22(24-17)25-21(27)14-7-9-15(10-8-14)26-32(28,29)16-5-3-2-4-6-16/h2-12,26H,1H3,(H,24,25,27). The minimum Gasteiger partial charge on any atom is -0.298 e. The van der Waals surface area contributed by atoms with Crippen LogP contribution in [0.4, 0.5) is 10.8 Å². The third kappa shape index (κ3) is 3.95. The Morgan fingerprint density at radius 3 is 2.41 bits per heavy atom. The molecule has 5 aromatic rings. The average Bonchev–Trinajstić information content (AvgIpc) is 3.36. The molecule has 1 amide bonds. The topological polar surface area (TPSA) is 101 Å². The van der Waals surface area contributed by atoms with Crippen molar-refractivity contribution in [2.75, 3.05) is 10.0 Å². The number of aryl methyl sites for hydroxylation is 1. The molecule has 0 saturated heterocycles. The molecule has 2 aromatic heterocycles. The monoisotopic (exact) mass is 480 g/mol. The van der Waals surface area contributed by atoms with E-state index in [1.807, 2.05) is 19.1 Å². The number of thiazole rings is 2. The quantitative estimate of drug-likeness (QED) is 0.357. The molecule has 0 unspecified atom stereocenters. The van der Waals surface area contributed by atoms with Crippen LogP contribution in [-0.4, -0.2) is 24.3 Å². The molecule has 0 aliphatic carbocycles. The molecular weight excluding hydrogens is 464 g/mol. The largest absolute Gasteiger partial charge is 0.298 e. The van der Waals surface area contributed by atoms with Crippen LogP contribution >= 0.6 is 22.7 Å². The van der Waals surface area contributed by atoms with E-state index in [4.69, 9.17) is 0 Å². The number of anilines is 2. The van der Waals surface area contributed by atoms with E-state index in [1.54, 1.807) is 53.8 Å². The lowest BCUT2D eigenvalue weighted by Gasteiger charge is -2.08. The van der Waals surface area contributed by atoms with Gasteiger partial charge in [-0.2, -0.15) is 0 Å². The number of carbonyl (C=O) groups is 1. The fourth-order valence-electron chi connectivity index (χ4n) is 3.21. The van der Waals surface area contributed by atoms with E-state index < -0.39 is 10.0 Å². The number of nitrogens with zero attached hydrogens (tertiary/aromatic N) is 2. The number of fused-ring (bicyclic) bond motifs is 3. The van der Waals surface area contributed by atoms with Gasteiger partial charge in [-0.15, -0.1) is 11.3 Å². The summed E-state index contributed by atoms with van der Waals surface area (Å²) in [5.41, 5.74) is 2.44. The van der Waals surface area contributed by atoms with Crippen molar-refractivity contribution in [2.24, 2.45) is 0 Å². The molecule has 2 N–H and O–H groups in total. The summed E-state index contributed by atoms with van der Waals surface area (Å²) < 4.78 is 29.4. The summed E-state index contributed by atoms with van der Waals surface area (Å²) >= 11 is 3.00. The van der Waals surface area contributed by atoms with E-state index in [0.717, 1.165) is 25.4 Å². The van der Waals surface area contributed by atoms with Crippen molar-refractivity contribution in [3.63, 3.8) is 0 Å². The summed E-state index contributed by atoms with van der Waals surface area (Å²) in [5.74, 6) is -0.327. The fraction of sp³-hybridized carbons (Fsp3) is 0.0455. The number of benzene rings is 3. The van der Waals surface area contributed by atoms with Crippen molar-refractivity contribution in [1.82, 2.24) is 9.97 Å². The van der Waals surface area contributed by atoms with Gasteiger partial charge in [-0.1, -0.05) is 29.5 Å². The summed E-state index contributed by atoms with van der Waals surface area (Å²) in [6, 6.07) is 18.2. The fourth-order valence-corrected chi connectivity index (χ4v) is 6.15. The van der Waals surface area contributed by atoms with Gasteiger partial charge in [-0.05, 0) is 55.5 Å². The molecule has 0 aliphatic heterocycles.